The molecule has 0 atom stereocenters. The molecule has 0 heterocycles. The second-order valence-electron chi connectivity index (χ2n) is 3.04. The molecule has 0 bridgehead atoms. The summed E-state index contributed by atoms with van der Waals surface area (Å²) in [6, 6.07) is 6.16. The van der Waals surface area contributed by atoms with Crippen molar-refractivity contribution in [2.24, 2.45) is 0 Å². The third-order valence-corrected chi connectivity index (χ3v) is 3.07. The fourth-order valence-corrected chi connectivity index (χ4v) is 1.92. The van der Waals surface area contributed by atoms with Crippen LogP contribution in [0.25, 0.3) is 0 Å². The lowest BCUT2D eigenvalue weighted by Crippen LogP contribution is -1.95. The van der Waals surface area contributed by atoms with Crippen molar-refractivity contribution in [3.05, 3.63) is 41.1 Å². The van der Waals surface area contributed by atoms with Gasteiger partial charge in [0.25, 0.3) is 0 Å². The van der Waals surface area contributed by atoms with Crippen LogP contribution in [0.5, 0.6) is 0 Å². The van der Waals surface area contributed by atoms with Crippen molar-refractivity contribution in [3.63, 3.8) is 0 Å². The molecule has 0 unspecified atom stereocenters. The molecule has 0 radical (unpaired) electrons. The molecule has 0 aliphatic heterocycles. The molecule has 1 aromatic carbocycles. The Morgan fingerprint density at radius 2 is 2.06 bits per heavy atom. The van der Waals surface area contributed by atoms with Crippen LogP contribution in [-0.2, 0) is 9.53 Å². The highest BCUT2D eigenvalue weighted by Crippen LogP contribution is 2.28. The summed E-state index contributed by atoms with van der Waals surface area (Å²) in [6.45, 7) is 1.95. The molecular formula is C12H13FO2S. The van der Waals surface area contributed by atoms with E-state index in [1.54, 1.807) is 12.1 Å². The van der Waals surface area contributed by atoms with Gasteiger partial charge in [0.05, 0.1) is 7.11 Å². The Morgan fingerprint density at radius 1 is 1.44 bits per heavy atom. The van der Waals surface area contributed by atoms with E-state index in [0.717, 1.165) is 16.2 Å². The minimum absolute atomic E-state index is 0.264. The lowest BCUT2D eigenvalue weighted by atomic mass is 10.3. The summed E-state index contributed by atoms with van der Waals surface area (Å²) in [5.41, 5.74) is 0. The van der Waals surface area contributed by atoms with Gasteiger partial charge in [-0.2, -0.15) is 0 Å². The maximum atomic E-state index is 12.7. The summed E-state index contributed by atoms with van der Waals surface area (Å²) >= 11 is 1.43. The second kappa shape index (κ2) is 6.33. The van der Waals surface area contributed by atoms with Crippen LogP contribution >= 0.6 is 11.8 Å². The fraction of sp³-hybridized carbons (Fsp3) is 0.250. The van der Waals surface area contributed by atoms with Crippen LogP contribution in [0.2, 0.25) is 0 Å². The topological polar surface area (TPSA) is 26.3 Å². The summed E-state index contributed by atoms with van der Waals surface area (Å²) in [5, 5.41) is 0. The average Bonchev–Trinajstić information content (AvgIpc) is 2.30. The summed E-state index contributed by atoms with van der Waals surface area (Å²) in [6.07, 6.45) is 2.19. The van der Waals surface area contributed by atoms with E-state index in [-0.39, 0.29) is 11.8 Å². The summed E-state index contributed by atoms with van der Waals surface area (Å²) in [5.74, 6) is -0.634. The maximum Gasteiger partial charge on any atom is 0.331 e. The predicted molar refractivity (Wildman–Crippen MR) is 62.6 cm³/mol. The molecule has 2 nitrogen and oxygen atoms in total. The van der Waals surface area contributed by atoms with Crippen LogP contribution in [-0.4, -0.2) is 13.1 Å². The number of halogens is 1. The molecule has 0 aliphatic rings. The van der Waals surface area contributed by atoms with Gasteiger partial charge < -0.3 is 4.74 Å². The molecule has 4 heteroatoms. The number of esters is 1. The maximum absolute atomic E-state index is 12.7. The number of hydrogen-bond donors (Lipinski definition) is 0. The quantitative estimate of drug-likeness (QED) is 0.458. The molecule has 16 heavy (non-hydrogen) atoms. The minimum atomic E-state index is -0.369. The predicted octanol–water partition coefficient (Wildman–Crippen LogP) is 3.38. The molecule has 0 saturated carbocycles. The Labute approximate surface area is 98.5 Å². The smallest absolute Gasteiger partial charge is 0.331 e. The molecule has 0 saturated heterocycles. The first kappa shape index (κ1) is 12.8. The zero-order chi connectivity index (χ0) is 12.0. The molecule has 0 N–H and O–H groups in total. The lowest BCUT2D eigenvalue weighted by Gasteiger charge is -2.03. The molecule has 1 rings (SSSR count). The number of benzene rings is 1. The van der Waals surface area contributed by atoms with E-state index in [0.29, 0.717) is 0 Å². The van der Waals surface area contributed by atoms with E-state index in [4.69, 9.17) is 0 Å². The van der Waals surface area contributed by atoms with Gasteiger partial charge in [-0.25, -0.2) is 9.18 Å². The first-order valence-electron chi connectivity index (χ1n) is 4.87. The zero-order valence-corrected chi connectivity index (χ0v) is 10.0. The SMILES string of the molecule is CC/C(=C\C(=O)OC)Sc1ccc(F)cc1. The van der Waals surface area contributed by atoms with E-state index in [1.165, 1.54) is 37.1 Å². The van der Waals surface area contributed by atoms with Gasteiger partial charge in [0.1, 0.15) is 5.82 Å². The van der Waals surface area contributed by atoms with Gasteiger partial charge >= 0.3 is 5.97 Å². The number of carbonyl (C=O) groups excluding carboxylic acids is 1. The number of rotatable bonds is 4. The Morgan fingerprint density at radius 3 is 2.56 bits per heavy atom. The third kappa shape index (κ3) is 4.06. The lowest BCUT2D eigenvalue weighted by molar-refractivity contribution is -0.134. The number of hydrogen-bond acceptors (Lipinski definition) is 3. The Bertz CT molecular complexity index is 385. The van der Waals surface area contributed by atoms with Crippen LogP contribution in [0.4, 0.5) is 4.39 Å². The van der Waals surface area contributed by atoms with Gasteiger partial charge in [-0.05, 0) is 35.6 Å². The molecule has 0 aromatic heterocycles. The fourth-order valence-electron chi connectivity index (χ4n) is 1.05. The highest BCUT2D eigenvalue weighted by molar-refractivity contribution is 8.03. The van der Waals surface area contributed by atoms with Crippen LogP contribution in [0.3, 0.4) is 0 Å². The monoisotopic (exact) mass is 240 g/mol. The van der Waals surface area contributed by atoms with E-state index in [2.05, 4.69) is 4.74 Å². The number of ether oxygens (including phenoxy) is 1. The van der Waals surface area contributed by atoms with E-state index in [9.17, 15) is 9.18 Å². The number of methoxy groups -OCH3 is 1. The summed E-state index contributed by atoms with van der Waals surface area (Å²) in [4.78, 5) is 12.8. The van der Waals surface area contributed by atoms with E-state index >= 15 is 0 Å². The highest BCUT2D eigenvalue weighted by atomic mass is 32.2. The van der Waals surface area contributed by atoms with Crippen LogP contribution < -0.4 is 0 Å². The number of carbonyl (C=O) groups is 1. The zero-order valence-electron chi connectivity index (χ0n) is 9.20. The second-order valence-corrected chi connectivity index (χ2v) is 4.24. The van der Waals surface area contributed by atoms with E-state index in [1.807, 2.05) is 6.92 Å². The van der Waals surface area contributed by atoms with Crippen molar-refractivity contribution in [2.45, 2.75) is 18.2 Å². The van der Waals surface area contributed by atoms with Crippen LogP contribution in [0.15, 0.2) is 40.1 Å². The highest BCUT2D eigenvalue weighted by Gasteiger charge is 2.02. The van der Waals surface area contributed by atoms with Gasteiger partial charge in [-0.3, -0.25) is 0 Å². The molecule has 0 fully saturated rings. The van der Waals surface area contributed by atoms with Crippen molar-refractivity contribution < 1.29 is 13.9 Å². The summed E-state index contributed by atoms with van der Waals surface area (Å²) < 4.78 is 17.2. The molecule has 0 amide bonds. The van der Waals surface area contributed by atoms with Gasteiger partial charge in [0, 0.05) is 11.0 Å². The summed E-state index contributed by atoms with van der Waals surface area (Å²) in [7, 11) is 1.34. The van der Waals surface area contributed by atoms with Gasteiger partial charge in [0.2, 0.25) is 0 Å². The average molecular weight is 240 g/mol. The molecule has 0 spiro atoms. The van der Waals surface area contributed by atoms with Crippen LogP contribution in [0.1, 0.15) is 13.3 Å². The Kier molecular flexibility index (Phi) is 5.05. The van der Waals surface area contributed by atoms with Gasteiger partial charge in [-0.1, -0.05) is 18.7 Å². The van der Waals surface area contributed by atoms with Crippen molar-refractivity contribution in [2.75, 3.05) is 7.11 Å². The normalized spacial score (nSPS) is 11.3. The first-order chi connectivity index (χ1) is 7.65. The van der Waals surface area contributed by atoms with Crippen molar-refractivity contribution in [1.29, 1.82) is 0 Å². The Hall–Kier alpha value is -1.29. The number of thioether (sulfide) groups is 1. The Balaban J connectivity index is 2.74. The first-order valence-corrected chi connectivity index (χ1v) is 5.69. The van der Waals surface area contributed by atoms with Crippen molar-refractivity contribution in [3.8, 4) is 0 Å². The molecule has 1 aromatic rings. The van der Waals surface area contributed by atoms with Gasteiger partial charge in [-0.15, -0.1) is 0 Å². The van der Waals surface area contributed by atoms with Crippen molar-refractivity contribution in [1.82, 2.24) is 0 Å². The third-order valence-electron chi connectivity index (χ3n) is 1.89. The minimum Gasteiger partial charge on any atom is -0.466 e. The molecule has 86 valence electrons. The van der Waals surface area contributed by atoms with Crippen LogP contribution in [0, 0.1) is 5.82 Å². The van der Waals surface area contributed by atoms with Gasteiger partial charge in [0.15, 0.2) is 0 Å². The molecular weight excluding hydrogens is 227 g/mol. The van der Waals surface area contributed by atoms with Crippen molar-refractivity contribution >= 4 is 17.7 Å². The number of allylic oxidation sites excluding steroid dienone is 1. The largest absolute Gasteiger partial charge is 0.466 e. The molecule has 0 aliphatic carbocycles. The standard InChI is InChI=1S/C12H13FO2S/c1-3-10(8-12(14)15-2)16-11-6-4-9(13)5-7-11/h4-8H,3H2,1-2H3/b10-8+. The van der Waals surface area contributed by atoms with E-state index < -0.39 is 0 Å².